The van der Waals surface area contributed by atoms with Gasteiger partial charge in [-0.3, -0.25) is 0 Å². The largest absolute Gasteiger partial charge is 0.466 e. The fourth-order valence-corrected chi connectivity index (χ4v) is 2.18. The van der Waals surface area contributed by atoms with Gasteiger partial charge in [0.05, 0.1) is 7.11 Å². The number of rotatable bonds is 3. The molecule has 0 bridgehead atoms. The molecule has 0 spiro atoms. The molecule has 0 radical (unpaired) electrons. The fraction of sp³-hybridized carbons (Fsp3) is 0.357. The van der Waals surface area contributed by atoms with Gasteiger partial charge in [-0.15, -0.1) is 0 Å². The van der Waals surface area contributed by atoms with Gasteiger partial charge in [0, 0.05) is 18.2 Å². The summed E-state index contributed by atoms with van der Waals surface area (Å²) >= 11 is 0. The number of hydrogen-bond acceptors (Lipinski definition) is 3. The molecule has 1 aliphatic heterocycles. The van der Waals surface area contributed by atoms with Crippen molar-refractivity contribution in [3.05, 3.63) is 47.5 Å². The standard InChI is InChI=1S/C14H15F2NO2/c1-19-14(18)7-4-10-3-6-13(17-10)9-2-5-11(15)12(16)8-9/h2,4-5,7-8,10,13,17H,3,6H2,1H3/b7-4+/t10-,13+/m1/s1. The molecule has 1 aliphatic rings. The van der Waals surface area contributed by atoms with E-state index < -0.39 is 17.6 Å². The molecule has 2 atom stereocenters. The van der Waals surface area contributed by atoms with Crippen LogP contribution in [0.3, 0.4) is 0 Å². The molecule has 0 unspecified atom stereocenters. The van der Waals surface area contributed by atoms with Gasteiger partial charge in [0.15, 0.2) is 11.6 Å². The molecule has 1 saturated heterocycles. The molecule has 1 heterocycles. The normalized spacial score (nSPS) is 22.9. The number of benzene rings is 1. The van der Waals surface area contributed by atoms with Crippen LogP contribution in [0.15, 0.2) is 30.4 Å². The summed E-state index contributed by atoms with van der Waals surface area (Å²) in [7, 11) is 1.32. The zero-order valence-electron chi connectivity index (χ0n) is 10.5. The summed E-state index contributed by atoms with van der Waals surface area (Å²) < 4.78 is 30.5. The van der Waals surface area contributed by atoms with E-state index in [-0.39, 0.29) is 12.1 Å². The Morgan fingerprint density at radius 3 is 2.84 bits per heavy atom. The minimum atomic E-state index is -0.844. The van der Waals surface area contributed by atoms with Crippen molar-refractivity contribution < 1.29 is 18.3 Å². The Bertz CT molecular complexity index is 502. The van der Waals surface area contributed by atoms with Crippen LogP contribution in [-0.2, 0) is 9.53 Å². The van der Waals surface area contributed by atoms with Crippen molar-refractivity contribution in [3.8, 4) is 0 Å². The van der Waals surface area contributed by atoms with Crippen molar-refractivity contribution >= 4 is 5.97 Å². The molecular weight excluding hydrogens is 252 g/mol. The van der Waals surface area contributed by atoms with Gasteiger partial charge in [-0.2, -0.15) is 0 Å². The Hall–Kier alpha value is -1.75. The summed E-state index contributed by atoms with van der Waals surface area (Å²) in [6.45, 7) is 0. The van der Waals surface area contributed by atoms with E-state index in [2.05, 4.69) is 10.1 Å². The van der Waals surface area contributed by atoms with Gasteiger partial charge in [-0.05, 0) is 30.5 Å². The van der Waals surface area contributed by atoms with E-state index >= 15 is 0 Å². The third-order valence-corrected chi connectivity index (χ3v) is 3.19. The number of carbonyl (C=O) groups excluding carboxylic acids is 1. The Morgan fingerprint density at radius 2 is 2.16 bits per heavy atom. The van der Waals surface area contributed by atoms with Crippen LogP contribution in [0.4, 0.5) is 8.78 Å². The molecule has 2 rings (SSSR count). The van der Waals surface area contributed by atoms with E-state index in [0.717, 1.165) is 18.9 Å². The first-order valence-corrected chi connectivity index (χ1v) is 6.07. The van der Waals surface area contributed by atoms with Crippen molar-refractivity contribution in [1.82, 2.24) is 5.32 Å². The monoisotopic (exact) mass is 267 g/mol. The van der Waals surface area contributed by atoms with Crippen LogP contribution in [0, 0.1) is 11.6 Å². The van der Waals surface area contributed by atoms with Gasteiger partial charge >= 0.3 is 5.97 Å². The fourth-order valence-electron chi connectivity index (χ4n) is 2.18. The van der Waals surface area contributed by atoms with Crippen molar-refractivity contribution in [2.75, 3.05) is 7.11 Å². The molecule has 0 aliphatic carbocycles. The van der Waals surface area contributed by atoms with Crippen LogP contribution < -0.4 is 5.32 Å². The van der Waals surface area contributed by atoms with E-state index in [0.29, 0.717) is 5.56 Å². The first kappa shape index (κ1) is 13.7. The van der Waals surface area contributed by atoms with Gasteiger partial charge in [0.2, 0.25) is 0 Å². The lowest BCUT2D eigenvalue weighted by Gasteiger charge is -2.12. The summed E-state index contributed by atoms with van der Waals surface area (Å²) in [5.41, 5.74) is 0.716. The highest BCUT2D eigenvalue weighted by Crippen LogP contribution is 2.27. The second-order valence-electron chi connectivity index (χ2n) is 4.46. The van der Waals surface area contributed by atoms with E-state index in [1.54, 1.807) is 12.1 Å². The lowest BCUT2D eigenvalue weighted by atomic mass is 10.1. The number of ether oxygens (including phenoxy) is 1. The van der Waals surface area contributed by atoms with Gasteiger partial charge in [-0.1, -0.05) is 12.1 Å². The van der Waals surface area contributed by atoms with Crippen LogP contribution >= 0.6 is 0 Å². The van der Waals surface area contributed by atoms with Crippen molar-refractivity contribution in [2.45, 2.75) is 24.9 Å². The molecular formula is C14H15F2NO2. The average molecular weight is 267 g/mol. The second-order valence-corrected chi connectivity index (χ2v) is 4.46. The van der Waals surface area contributed by atoms with Gasteiger partial charge in [0.1, 0.15) is 0 Å². The quantitative estimate of drug-likeness (QED) is 0.675. The predicted octanol–water partition coefficient (Wildman–Crippen LogP) is 2.49. The minimum absolute atomic E-state index is 0.0256. The maximum absolute atomic E-state index is 13.2. The van der Waals surface area contributed by atoms with Gasteiger partial charge < -0.3 is 10.1 Å². The first-order valence-electron chi connectivity index (χ1n) is 6.07. The molecule has 0 amide bonds. The molecule has 0 saturated carbocycles. The molecule has 102 valence electrons. The van der Waals surface area contributed by atoms with Crippen molar-refractivity contribution in [2.24, 2.45) is 0 Å². The highest BCUT2D eigenvalue weighted by atomic mass is 19.2. The summed E-state index contributed by atoms with van der Waals surface area (Å²) in [5.74, 6) is -2.09. The lowest BCUT2D eigenvalue weighted by molar-refractivity contribution is -0.134. The van der Waals surface area contributed by atoms with Crippen molar-refractivity contribution in [3.63, 3.8) is 0 Å². The maximum atomic E-state index is 13.2. The van der Waals surface area contributed by atoms with Crippen LogP contribution in [0.2, 0.25) is 0 Å². The molecule has 1 fully saturated rings. The maximum Gasteiger partial charge on any atom is 0.330 e. The molecule has 1 aromatic carbocycles. The summed E-state index contributed by atoms with van der Waals surface area (Å²) in [5, 5.41) is 3.25. The molecule has 1 N–H and O–H groups in total. The SMILES string of the molecule is COC(=O)/C=C/[C@H]1CC[C@@H](c2ccc(F)c(F)c2)N1. The highest BCUT2D eigenvalue weighted by Gasteiger charge is 2.23. The lowest BCUT2D eigenvalue weighted by Crippen LogP contribution is -2.22. The van der Waals surface area contributed by atoms with E-state index in [1.165, 1.54) is 19.3 Å². The number of esters is 1. The number of methoxy groups -OCH3 is 1. The van der Waals surface area contributed by atoms with Crippen LogP contribution in [0.1, 0.15) is 24.4 Å². The second kappa shape index (κ2) is 5.93. The van der Waals surface area contributed by atoms with Gasteiger partial charge in [0.25, 0.3) is 0 Å². The molecule has 0 aromatic heterocycles. The Labute approximate surface area is 110 Å². The number of halogens is 2. The average Bonchev–Trinajstić information content (AvgIpc) is 2.88. The number of carbonyl (C=O) groups is 1. The Morgan fingerprint density at radius 1 is 1.37 bits per heavy atom. The molecule has 3 nitrogen and oxygen atoms in total. The van der Waals surface area contributed by atoms with E-state index in [1.807, 2.05) is 0 Å². The van der Waals surface area contributed by atoms with Crippen LogP contribution in [0.5, 0.6) is 0 Å². The Kier molecular flexibility index (Phi) is 4.27. The first-order chi connectivity index (χ1) is 9.10. The predicted molar refractivity (Wildman–Crippen MR) is 66.4 cm³/mol. The van der Waals surface area contributed by atoms with Crippen LogP contribution in [-0.4, -0.2) is 19.1 Å². The highest BCUT2D eigenvalue weighted by molar-refractivity contribution is 5.81. The third-order valence-electron chi connectivity index (χ3n) is 3.19. The van der Waals surface area contributed by atoms with Crippen LogP contribution in [0.25, 0.3) is 0 Å². The summed E-state index contributed by atoms with van der Waals surface area (Å²) in [6.07, 6.45) is 4.73. The zero-order chi connectivity index (χ0) is 13.8. The summed E-state index contributed by atoms with van der Waals surface area (Å²) in [4.78, 5) is 11.0. The van der Waals surface area contributed by atoms with E-state index in [4.69, 9.17) is 0 Å². The minimum Gasteiger partial charge on any atom is -0.466 e. The third kappa shape index (κ3) is 3.38. The smallest absolute Gasteiger partial charge is 0.330 e. The number of nitrogens with one attached hydrogen (secondary N) is 1. The zero-order valence-corrected chi connectivity index (χ0v) is 10.5. The number of hydrogen-bond donors (Lipinski definition) is 1. The molecule has 1 aromatic rings. The summed E-state index contributed by atoms with van der Waals surface area (Å²) in [6, 6.07) is 3.92. The Balaban J connectivity index is 2.00. The van der Waals surface area contributed by atoms with Crippen molar-refractivity contribution in [1.29, 1.82) is 0 Å². The molecule has 19 heavy (non-hydrogen) atoms. The van der Waals surface area contributed by atoms with Gasteiger partial charge in [-0.25, -0.2) is 13.6 Å². The molecule has 5 heteroatoms. The van der Waals surface area contributed by atoms with E-state index in [9.17, 15) is 13.6 Å². The topological polar surface area (TPSA) is 38.3 Å².